The first-order chi connectivity index (χ1) is 20.3. The maximum atomic E-state index is 14.4. The predicted molar refractivity (Wildman–Crippen MR) is 163 cm³/mol. The number of ether oxygens (including phenoxy) is 1. The Balaban J connectivity index is 1.42. The maximum Gasteiger partial charge on any atom is 0.269 e. The van der Waals surface area contributed by atoms with Crippen molar-refractivity contribution in [1.82, 2.24) is 18.1 Å². The van der Waals surface area contributed by atoms with Gasteiger partial charge in [-0.1, -0.05) is 29.8 Å². The van der Waals surface area contributed by atoms with E-state index in [1.807, 2.05) is 0 Å². The van der Waals surface area contributed by atoms with E-state index in [2.05, 4.69) is 0 Å². The number of nitrogens with zero attached hydrogens (tertiary/aromatic N) is 4. The summed E-state index contributed by atoms with van der Waals surface area (Å²) in [4.78, 5) is 28.0. The van der Waals surface area contributed by atoms with Gasteiger partial charge in [0.25, 0.3) is 20.0 Å². The fraction of sp³-hybridized carbons (Fsp3) is 0.429. The third-order valence-corrected chi connectivity index (χ3v) is 14.1. The molecule has 43 heavy (non-hydrogen) atoms. The Morgan fingerprint density at radius 3 is 2.35 bits per heavy atom. The van der Waals surface area contributed by atoms with Gasteiger partial charge in [-0.3, -0.25) is 9.59 Å². The fourth-order valence-corrected chi connectivity index (χ4v) is 12.2. The molecular weight excluding hydrogens is 636 g/mol. The molecule has 2 aromatic carbocycles. The first-order valence-corrected chi connectivity index (χ1v) is 17.8. The van der Waals surface area contributed by atoms with E-state index in [1.54, 1.807) is 28.0 Å². The molecule has 3 aliphatic heterocycles. The van der Waals surface area contributed by atoms with Crippen LogP contribution >= 0.6 is 23.4 Å². The number of hydrogen-bond donors (Lipinski definition) is 0. The van der Waals surface area contributed by atoms with Crippen molar-refractivity contribution < 1.29 is 31.2 Å². The molecule has 1 atom stereocenters. The van der Waals surface area contributed by atoms with Crippen molar-refractivity contribution in [3.05, 3.63) is 59.6 Å². The molecular formula is C28H31ClN4O7S3. The van der Waals surface area contributed by atoms with Crippen LogP contribution in [-0.4, -0.2) is 103 Å². The lowest BCUT2D eigenvalue weighted by Gasteiger charge is -2.44. The average molecular weight is 667 g/mol. The van der Waals surface area contributed by atoms with Gasteiger partial charge in [0.05, 0.1) is 23.6 Å². The van der Waals surface area contributed by atoms with Crippen molar-refractivity contribution in [3.63, 3.8) is 0 Å². The van der Waals surface area contributed by atoms with Crippen molar-refractivity contribution in [3.8, 4) is 0 Å². The molecule has 0 N–H and O–H groups in total. The summed E-state index contributed by atoms with van der Waals surface area (Å²) in [5, 5.41) is 0.167. The van der Waals surface area contributed by atoms with Crippen LogP contribution in [0.5, 0.6) is 0 Å². The van der Waals surface area contributed by atoms with Crippen LogP contribution < -0.4 is 0 Å². The number of piperazine rings is 1. The first-order valence-electron chi connectivity index (χ1n) is 13.7. The van der Waals surface area contributed by atoms with Gasteiger partial charge in [-0.2, -0.15) is 4.31 Å². The van der Waals surface area contributed by atoms with Crippen LogP contribution in [0.1, 0.15) is 19.8 Å². The zero-order chi connectivity index (χ0) is 30.8. The van der Waals surface area contributed by atoms with E-state index in [9.17, 15) is 26.4 Å². The van der Waals surface area contributed by atoms with E-state index in [0.717, 1.165) is 8.28 Å². The number of methoxy groups -OCH3 is 1. The largest absolute Gasteiger partial charge is 0.381 e. The number of carbonyl (C=O) groups is 2. The van der Waals surface area contributed by atoms with Crippen LogP contribution in [0, 0.1) is 0 Å². The van der Waals surface area contributed by atoms with Crippen LogP contribution in [0.25, 0.3) is 10.9 Å². The lowest BCUT2D eigenvalue weighted by Crippen LogP contribution is -2.63. The number of aromatic nitrogens is 1. The highest BCUT2D eigenvalue weighted by Crippen LogP contribution is 2.54. The van der Waals surface area contributed by atoms with Gasteiger partial charge >= 0.3 is 0 Å². The summed E-state index contributed by atoms with van der Waals surface area (Å²) in [6.45, 7) is 2.59. The number of carbonyl (C=O) groups excluding carboxylic acids is 2. The molecule has 1 aromatic heterocycles. The Bertz CT molecular complexity index is 1820. The van der Waals surface area contributed by atoms with Gasteiger partial charge in [-0.15, -0.1) is 11.8 Å². The van der Waals surface area contributed by atoms with E-state index in [0.29, 0.717) is 42.9 Å². The summed E-state index contributed by atoms with van der Waals surface area (Å²) in [6.07, 6.45) is 1.31. The summed E-state index contributed by atoms with van der Waals surface area (Å²) in [5.41, 5.74) is 0.148. The zero-order valence-corrected chi connectivity index (χ0v) is 26.8. The lowest BCUT2D eigenvalue weighted by molar-refractivity contribution is -0.140. The minimum absolute atomic E-state index is 0.00218. The molecule has 3 saturated heterocycles. The molecule has 6 rings (SSSR count). The molecule has 1 unspecified atom stereocenters. The number of thioether (sulfide) groups is 1. The first kappa shape index (κ1) is 30.4. The van der Waals surface area contributed by atoms with Crippen LogP contribution in [0.4, 0.5) is 0 Å². The van der Waals surface area contributed by atoms with Crippen molar-refractivity contribution >= 4 is 66.1 Å². The second-order valence-corrected chi connectivity index (χ2v) is 17.1. The molecule has 11 nitrogen and oxygen atoms in total. The Morgan fingerprint density at radius 1 is 1.00 bits per heavy atom. The van der Waals surface area contributed by atoms with E-state index < -0.39 is 36.5 Å². The second kappa shape index (κ2) is 10.8. The Labute approximate surface area is 259 Å². The Hall–Kier alpha value is -2.62. The average Bonchev–Trinajstić information content (AvgIpc) is 3.51. The number of amides is 2. The quantitative estimate of drug-likeness (QED) is 0.393. The SMILES string of the molecule is COCC12CN(S(=O)(=O)c3cc4cc(Cl)ccc4n3S(=O)(=O)c3ccccc3)CC(=O)N1CC1(CCN(C(C)=O)CC1)S2. The van der Waals surface area contributed by atoms with Crippen LogP contribution in [0.2, 0.25) is 5.02 Å². The van der Waals surface area contributed by atoms with Gasteiger partial charge in [0, 0.05) is 55.4 Å². The zero-order valence-electron chi connectivity index (χ0n) is 23.6. The van der Waals surface area contributed by atoms with E-state index >= 15 is 0 Å². The molecule has 0 saturated carbocycles. The molecule has 230 valence electrons. The second-order valence-electron chi connectivity index (χ2n) is 11.2. The van der Waals surface area contributed by atoms with Crippen LogP contribution in [0.3, 0.4) is 0 Å². The van der Waals surface area contributed by atoms with Crippen molar-refractivity contribution in [2.75, 3.05) is 46.4 Å². The number of halogens is 1. The summed E-state index contributed by atoms with van der Waals surface area (Å²) in [6, 6.07) is 13.3. The highest BCUT2D eigenvalue weighted by atomic mass is 35.5. The number of rotatable bonds is 6. The highest BCUT2D eigenvalue weighted by molar-refractivity contribution is 8.02. The van der Waals surface area contributed by atoms with Gasteiger partial charge < -0.3 is 14.5 Å². The van der Waals surface area contributed by atoms with Gasteiger partial charge in [0.1, 0.15) is 4.87 Å². The molecule has 1 spiro atoms. The van der Waals surface area contributed by atoms with Gasteiger partial charge in [0.15, 0.2) is 5.03 Å². The minimum Gasteiger partial charge on any atom is -0.381 e. The lowest BCUT2D eigenvalue weighted by atomic mass is 9.94. The van der Waals surface area contributed by atoms with Crippen molar-refractivity contribution in [2.45, 2.75) is 39.3 Å². The Kier molecular flexibility index (Phi) is 7.62. The standard InChI is InChI=1S/C28H31ClN4O7S3/c1-20(34)30-12-10-27(11-13-30)17-32-25(35)16-31(18-28(32,41-27)19-40-2)43(38,39)26-15-21-14-22(29)8-9-24(21)33(26)42(36,37)23-6-4-3-5-7-23/h3-9,14-15H,10-13,16-19H2,1-2H3. The summed E-state index contributed by atoms with van der Waals surface area (Å²) in [7, 11) is -7.41. The molecule has 3 fully saturated rings. The van der Waals surface area contributed by atoms with E-state index in [4.69, 9.17) is 16.3 Å². The third kappa shape index (κ3) is 5.05. The Morgan fingerprint density at radius 2 is 1.70 bits per heavy atom. The molecule has 0 bridgehead atoms. The van der Waals surface area contributed by atoms with Crippen LogP contribution in [-0.2, 0) is 34.4 Å². The molecule has 0 radical (unpaired) electrons. The number of benzene rings is 2. The van der Waals surface area contributed by atoms with Crippen molar-refractivity contribution in [2.24, 2.45) is 0 Å². The van der Waals surface area contributed by atoms with Gasteiger partial charge in [0.2, 0.25) is 11.8 Å². The number of likely N-dealkylation sites (tertiary alicyclic amines) is 1. The summed E-state index contributed by atoms with van der Waals surface area (Å²) in [5.74, 6) is -0.389. The van der Waals surface area contributed by atoms with Gasteiger partial charge in [-0.25, -0.2) is 20.8 Å². The van der Waals surface area contributed by atoms with Crippen molar-refractivity contribution in [1.29, 1.82) is 0 Å². The normalized spacial score (nSPS) is 22.8. The molecule has 3 aliphatic rings. The van der Waals surface area contributed by atoms with E-state index in [1.165, 1.54) is 62.2 Å². The number of sulfonamides is 1. The summed E-state index contributed by atoms with van der Waals surface area (Å²) < 4.78 is 63.9. The molecule has 0 aliphatic carbocycles. The molecule has 2 amide bonds. The minimum atomic E-state index is -4.54. The third-order valence-electron chi connectivity index (χ3n) is 8.44. The summed E-state index contributed by atoms with van der Waals surface area (Å²) >= 11 is 7.73. The smallest absolute Gasteiger partial charge is 0.269 e. The van der Waals surface area contributed by atoms with E-state index in [-0.39, 0.29) is 40.1 Å². The topological polar surface area (TPSA) is 126 Å². The fourth-order valence-electron chi connectivity index (χ4n) is 6.35. The molecule has 3 aromatic rings. The predicted octanol–water partition coefficient (Wildman–Crippen LogP) is 2.84. The molecule has 4 heterocycles. The molecule has 15 heteroatoms. The monoisotopic (exact) mass is 666 g/mol. The number of hydrogen-bond acceptors (Lipinski definition) is 8. The highest BCUT2D eigenvalue weighted by Gasteiger charge is 2.60. The maximum absolute atomic E-state index is 14.4. The van der Waals surface area contributed by atoms with Gasteiger partial charge in [-0.05, 0) is 49.2 Å². The number of fused-ring (bicyclic) bond motifs is 2. The van der Waals surface area contributed by atoms with Crippen LogP contribution in [0.15, 0.2) is 64.5 Å². The number of piperidine rings is 1.